The van der Waals surface area contributed by atoms with E-state index in [2.05, 4.69) is 29.2 Å². The van der Waals surface area contributed by atoms with E-state index in [0.29, 0.717) is 0 Å². The first-order chi connectivity index (χ1) is 14.0. The predicted octanol–water partition coefficient (Wildman–Crippen LogP) is 3.55. The monoisotopic (exact) mass is 392 g/mol. The minimum Gasteiger partial charge on any atom is -0.454 e. The maximum absolute atomic E-state index is 13.2. The molecule has 4 rings (SSSR count). The number of fused-ring (bicyclic) bond motifs is 1. The van der Waals surface area contributed by atoms with Gasteiger partial charge < -0.3 is 14.4 Å². The largest absolute Gasteiger partial charge is 0.454 e. The molecule has 2 aromatic carbocycles. The zero-order chi connectivity index (χ0) is 20.3. The fourth-order valence-corrected chi connectivity index (χ4v) is 3.84. The van der Waals surface area contributed by atoms with Crippen molar-refractivity contribution in [2.75, 3.05) is 39.5 Å². The van der Waals surface area contributed by atoms with Crippen molar-refractivity contribution < 1.29 is 14.3 Å². The third kappa shape index (κ3) is 4.30. The second kappa shape index (κ2) is 8.29. The summed E-state index contributed by atoms with van der Waals surface area (Å²) in [6, 6.07) is 16.1. The number of hydrogen-bond donors (Lipinski definition) is 0. The first-order valence-corrected chi connectivity index (χ1v) is 10.2. The Morgan fingerprint density at radius 2 is 1.72 bits per heavy atom. The maximum Gasteiger partial charge on any atom is 0.232 e. The molecule has 29 heavy (non-hydrogen) atoms. The van der Waals surface area contributed by atoms with Gasteiger partial charge in [-0.25, -0.2) is 0 Å². The summed E-state index contributed by atoms with van der Waals surface area (Å²) in [6.07, 6.45) is 4.35. The Kier molecular flexibility index (Phi) is 5.58. The molecule has 1 saturated heterocycles. The minimum absolute atomic E-state index is 0.163. The highest BCUT2D eigenvalue weighted by Crippen LogP contribution is 2.37. The molecule has 0 aliphatic carbocycles. The molecule has 2 aromatic rings. The lowest BCUT2D eigenvalue weighted by molar-refractivity contribution is -0.138. The SMILES string of the molecule is CC(C)(C(=O)N1CCN(C/C=C/c2ccccc2)CC1)c1ccc2c(c1)OCO2. The molecule has 0 saturated carbocycles. The van der Waals surface area contributed by atoms with Gasteiger partial charge in [0.05, 0.1) is 5.41 Å². The summed E-state index contributed by atoms with van der Waals surface area (Å²) in [5.74, 6) is 1.63. The number of hydrogen-bond acceptors (Lipinski definition) is 4. The van der Waals surface area contributed by atoms with E-state index >= 15 is 0 Å². The maximum atomic E-state index is 13.2. The van der Waals surface area contributed by atoms with E-state index in [1.54, 1.807) is 0 Å². The zero-order valence-corrected chi connectivity index (χ0v) is 17.1. The highest BCUT2D eigenvalue weighted by molar-refractivity contribution is 5.87. The van der Waals surface area contributed by atoms with Crippen LogP contribution in [-0.2, 0) is 10.2 Å². The van der Waals surface area contributed by atoms with Gasteiger partial charge in [0.1, 0.15) is 0 Å². The molecule has 2 aliphatic heterocycles. The molecule has 1 fully saturated rings. The summed E-state index contributed by atoms with van der Waals surface area (Å²) < 4.78 is 10.9. The normalized spacial score (nSPS) is 17.1. The molecule has 0 bridgehead atoms. The van der Waals surface area contributed by atoms with Crippen molar-refractivity contribution in [2.45, 2.75) is 19.3 Å². The lowest BCUT2D eigenvalue weighted by Gasteiger charge is -2.38. The van der Waals surface area contributed by atoms with E-state index < -0.39 is 5.41 Å². The summed E-state index contributed by atoms with van der Waals surface area (Å²) >= 11 is 0. The molecular formula is C24H28N2O3. The molecule has 0 unspecified atom stereocenters. The van der Waals surface area contributed by atoms with Crippen molar-refractivity contribution in [3.8, 4) is 11.5 Å². The minimum atomic E-state index is -0.601. The van der Waals surface area contributed by atoms with E-state index in [1.807, 2.05) is 55.1 Å². The average molecular weight is 392 g/mol. The highest BCUT2D eigenvalue weighted by Gasteiger charge is 2.36. The van der Waals surface area contributed by atoms with Gasteiger partial charge in [0.2, 0.25) is 12.7 Å². The number of nitrogens with zero attached hydrogens (tertiary/aromatic N) is 2. The van der Waals surface area contributed by atoms with Crippen LogP contribution in [0.25, 0.3) is 6.08 Å². The standard InChI is InChI=1S/C24H28N2O3/c1-24(2,20-10-11-21-22(17-20)29-18-28-21)23(27)26-15-13-25(14-16-26)12-6-9-19-7-4-3-5-8-19/h3-11,17H,12-16,18H2,1-2H3/b9-6+. The van der Waals surface area contributed by atoms with Crippen LogP contribution in [0.15, 0.2) is 54.6 Å². The summed E-state index contributed by atoms with van der Waals surface area (Å²) in [7, 11) is 0. The van der Waals surface area contributed by atoms with Crippen molar-refractivity contribution in [3.63, 3.8) is 0 Å². The third-order valence-electron chi connectivity index (χ3n) is 5.76. The second-order valence-corrected chi connectivity index (χ2v) is 8.10. The Morgan fingerprint density at radius 3 is 2.48 bits per heavy atom. The van der Waals surface area contributed by atoms with E-state index in [0.717, 1.165) is 49.8 Å². The van der Waals surface area contributed by atoms with E-state index in [9.17, 15) is 4.79 Å². The molecule has 0 aromatic heterocycles. The molecule has 152 valence electrons. The van der Waals surface area contributed by atoms with Gasteiger partial charge in [-0.05, 0) is 37.1 Å². The fraction of sp³-hybridized carbons (Fsp3) is 0.375. The van der Waals surface area contributed by atoms with Crippen LogP contribution in [0.2, 0.25) is 0 Å². The number of benzene rings is 2. The molecule has 1 amide bonds. The second-order valence-electron chi connectivity index (χ2n) is 8.10. The van der Waals surface area contributed by atoms with Crippen molar-refractivity contribution in [1.82, 2.24) is 9.80 Å². The van der Waals surface area contributed by atoms with Gasteiger partial charge in [-0.15, -0.1) is 0 Å². The van der Waals surface area contributed by atoms with Crippen LogP contribution in [-0.4, -0.2) is 55.2 Å². The van der Waals surface area contributed by atoms with Gasteiger partial charge in [-0.2, -0.15) is 0 Å². The van der Waals surface area contributed by atoms with Crippen molar-refractivity contribution in [2.24, 2.45) is 0 Å². The van der Waals surface area contributed by atoms with Crippen LogP contribution in [0.4, 0.5) is 0 Å². The van der Waals surface area contributed by atoms with Crippen molar-refractivity contribution in [1.29, 1.82) is 0 Å². The zero-order valence-electron chi connectivity index (χ0n) is 17.1. The van der Waals surface area contributed by atoms with Gasteiger partial charge in [-0.1, -0.05) is 48.6 Å². The van der Waals surface area contributed by atoms with E-state index in [4.69, 9.17) is 9.47 Å². The molecule has 0 N–H and O–H groups in total. The molecular weight excluding hydrogens is 364 g/mol. The lowest BCUT2D eigenvalue weighted by atomic mass is 9.82. The van der Waals surface area contributed by atoms with Gasteiger partial charge in [0.15, 0.2) is 11.5 Å². The van der Waals surface area contributed by atoms with Crippen molar-refractivity contribution in [3.05, 3.63) is 65.7 Å². The highest BCUT2D eigenvalue weighted by atomic mass is 16.7. The van der Waals surface area contributed by atoms with Crippen LogP contribution in [0.1, 0.15) is 25.0 Å². The molecule has 0 spiro atoms. The summed E-state index contributed by atoms with van der Waals surface area (Å²) in [5.41, 5.74) is 1.57. The quantitative estimate of drug-likeness (QED) is 0.780. The van der Waals surface area contributed by atoms with Crippen molar-refractivity contribution >= 4 is 12.0 Å². The van der Waals surface area contributed by atoms with Crippen LogP contribution < -0.4 is 9.47 Å². The van der Waals surface area contributed by atoms with Crippen LogP contribution in [0.3, 0.4) is 0 Å². The van der Waals surface area contributed by atoms with Crippen LogP contribution in [0.5, 0.6) is 11.5 Å². The number of ether oxygens (including phenoxy) is 2. The summed E-state index contributed by atoms with van der Waals surface area (Å²) in [5, 5.41) is 0. The Bertz CT molecular complexity index is 884. The Hall–Kier alpha value is -2.79. The first-order valence-electron chi connectivity index (χ1n) is 10.2. The average Bonchev–Trinajstić information content (AvgIpc) is 3.22. The van der Waals surface area contributed by atoms with Crippen LogP contribution >= 0.6 is 0 Å². The Morgan fingerprint density at radius 1 is 1.00 bits per heavy atom. The van der Waals surface area contributed by atoms with Gasteiger partial charge in [0, 0.05) is 32.7 Å². The Balaban J connectivity index is 1.33. The number of piperazine rings is 1. The number of carbonyl (C=O) groups excluding carboxylic acids is 1. The fourth-order valence-electron chi connectivity index (χ4n) is 3.84. The molecule has 0 atom stereocenters. The molecule has 5 nitrogen and oxygen atoms in total. The van der Waals surface area contributed by atoms with E-state index in [1.165, 1.54) is 5.56 Å². The molecule has 2 heterocycles. The predicted molar refractivity (Wildman–Crippen MR) is 114 cm³/mol. The smallest absolute Gasteiger partial charge is 0.232 e. The lowest BCUT2D eigenvalue weighted by Crippen LogP contribution is -2.53. The van der Waals surface area contributed by atoms with E-state index in [-0.39, 0.29) is 12.7 Å². The van der Waals surface area contributed by atoms with Gasteiger partial charge >= 0.3 is 0 Å². The summed E-state index contributed by atoms with van der Waals surface area (Å²) in [6.45, 7) is 8.42. The Labute approximate surface area is 172 Å². The number of rotatable bonds is 5. The molecule has 2 aliphatic rings. The number of carbonyl (C=O) groups is 1. The number of amides is 1. The van der Waals surface area contributed by atoms with Crippen LogP contribution in [0, 0.1) is 0 Å². The topological polar surface area (TPSA) is 42.0 Å². The first kappa shape index (κ1) is 19.5. The van der Waals surface area contributed by atoms with Gasteiger partial charge in [-0.3, -0.25) is 9.69 Å². The third-order valence-corrected chi connectivity index (χ3v) is 5.76. The summed E-state index contributed by atoms with van der Waals surface area (Å²) in [4.78, 5) is 17.6. The molecule has 5 heteroatoms. The van der Waals surface area contributed by atoms with Gasteiger partial charge in [0.25, 0.3) is 0 Å². The molecule has 0 radical (unpaired) electrons.